The maximum absolute atomic E-state index is 12.8. The van der Waals surface area contributed by atoms with Gasteiger partial charge in [0.25, 0.3) is 23.1 Å². The van der Waals surface area contributed by atoms with Crippen molar-refractivity contribution >= 4 is 28.8 Å². The van der Waals surface area contributed by atoms with Crippen LogP contribution in [0.4, 0.5) is 11.4 Å². The fraction of sp³-hybridized carbons (Fsp3) is 0.238. The third-order valence-corrected chi connectivity index (χ3v) is 5.04. The SMILES string of the molecule is CCCCN1C(=O)C(=O)/C(=C(/O)c2ccc([N+](=O)[O-])cc2)[C@H]1c1cccc([N+](=O)[O-])c1. The number of benzene rings is 2. The second kappa shape index (κ2) is 8.74. The van der Waals surface area contributed by atoms with Crippen LogP contribution >= 0.6 is 0 Å². The van der Waals surface area contributed by atoms with Crippen molar-refractivity contribution in [3.05, 3.63) is 85.5 Å². The van der Waals surface area contributed by atoms with Gasteiger partial charge in [-0.2, -0.15) is 0 Å². The average Bonchev–Trinajstić information content (AvgIpc) is 3.02. The van der Waals surface area contributed by atoms with Crippen molar-refractivity contribution in [1.29, 1.82) is 0 Å². The molecule has 10 nitrogen and oxygen atoms in total. The van der Waals surface area contributed by atoms with Gasteiger partial charge in [-0.3, -0.25) is 29.8 Å². The van der Waals surface area contributed by atoms with Crippen molar-refractivity contribution in [1.82, 2.24) is 4.90 Å². The molecule has 0 aliphatic carbocycles. The third kappa shape index (κ3) is 4.13. The van der Waals surface area contributed by atoms with Crippen LogP contribution in [0.1, 0.15) is 36.9 Å². The van der Waals surface area contributed by atoms with Crippen LogP contribution in [0.25, 0.3) is 5.76 Å². The Kier molecular flexibility index (Phi) is 6.10. The second-order valence-corrected chi connectivity index (χ2v) is 7.00. The van der Waals surface area contributed by atoms with Gasteiger partial charge < -0.3 is 10.0 Å². The monoisotopic (exact) mass is 425 g/mol. The molecule has 1 N–H and O–H groups in total. The number of likely N-dealkylation sites (tertiary alicyclic amines) is 1. The number of carbonyl (C=O) groups is 2. The van der Waals surface area contributed by atoms with Gasteiger partial charge >= 0.3 is 0 Å². The number of nitro benzene ring substituents is 2. The maximum atomic E-state index is 12.8. The number of ketones is 1. The Morgan fingerprint density at radius 3 is 2.26 bits per heavy atom. The van der Waals surface area contributed by atoms with E-state index in [1.807, 2.05) is 6.92 Å². The Morgan fingerprint density at radius 1 is 1.03 bits per heavy atom. The molecule has 3 rings (SSSR count). The summed E-state index contributed by atoms with van der Waals surface area (Å²) in [7, 11) is 0. The number of amides is 1. The zero-order valence-electron chi connectivity index (χ0n) is 16.6. The minimum Gasteiger partial charge on any atom is -0.507 e. The molecule has 160 valence electrons. The van der Waals surface area contributed by atoms with E-state index in [-0.39, 0.29) is 29.1 Å². The molecule has 0 aromatic heterocycles. The van der Waals surface area contributed by atoms with Crippen LogP contribution in [-0.4, -0.2) is 38.1 Å². The van der Waals surface area contributed by atoms with Crippen LogP contribution in [0, 0.1) is 20.2 Å². The smallest absolute Gasteiger partial charge is 0.295 e. The summed E-state index contributed by atoms with van der Waals surface area (Å²) in [4.78, 5) is 47.7. The molecule has 1 fully saturated rings. The molecule has 1 heterocycles. The number of unbranched alkanes of at least 4 members (excludes halogenated alkanes) is 1. The van der Waals surface area contributed by atoms with Gasteiger partial charge in [0.05, 0.1) is 21.5 Å². The molecule has 1 atom stereocenters. The van der Waals surface area contributed by atoms with Crippen LogP contribution in [0.5, 0.6) is 0 Å². The number of carbonyl (C=O) groups excluding carboxylic acids is 2. The van der Waals surface area contributed by atoms with Crippen LogP contribution in [0.15, 0.2) is 54.1 Å². The molecule has 0 spiro atoms. The first-order valence-corrected chi connectivity index (χ1v) is 9.53. The van der Waals surface area contributed by atoms with Gasteiger partial charge in [0, 0.05) is 36.4 Å². The van der Waals surface area contributed by atoms with Crippen LogP contribution in [0.3, 0.4) is 0 Å². The molecule has 1 amide bonds. The van der Waals surface area contributed by atoms with Crippen molar-refractivity contribution in [3.8, 4) is 0 Å². The normalized spacial score (nSPS) is 17.7. The summed E-state index contributed by atoms with van der Waals surface area (Å²) in [6.45, 7) is 2.14. The molecule has 10 heteroatoms. The molecule has 2 aromatic carbocycles. The second-order valence-electron chi connectivity index (χ2n) is 7.00. The number of nitro groups is 2. The summed E-state index contributed by atoms with van der Waals surface area (Å²) in [5, 5.41) is 33.0. The van der Waals surface area contributed by atoms with Crippen LogP contribution in [0.2, 0.25) is 0 Å². The van der Waals surface area contributed by atoms with Crippen LogP contribution in [-0.2, 0) is 9.59 Å². The van der Waals surface area contributed by atoms with E-state index in [0.29, 0.717) is 12.0 Å². The summed E-state index contributed by atoms with van der Waals surface area (Å²) in [5.41, 5.74) is -0.193. The Labute approximate surface area is 176 Å². The summed E-state index contributed by atoms with van der Waals surface area (Å²) < 4.78 is 0. The van der Waals surface area contributed by atoms with Crippen molar-refractivity contribution in [2.45, 2.75) is 25.8 Å². The maximum Gasteiger partial charge on any atom is 0.295 e. The van der Waals surface area contributed by atoms with Crippen LogP contribution < -0.4 is 0 Å². The Morgan fingerprint density at radius 2 is 1.68 bits per heavy atom. The van der Waals surface area contributed by atoms with Gasteiger partial charge in [0.2, 0.25) is 0 Å². The first-order chi connectivity index (χ1) is 14.8. The van der Waals surface area contributed by atoms with E-state index in [4.69, 9.17) is 0 Å². The van der Waals surface area contributed by atoms with Gasteiger partial charge in [-0.05, 0) is 24.1 Å². The van der Waals surface area contributed by atoms with E-state index in [9.17, 15) is 34.9 Å². The van der Waals surface area contributed by atoms with E-state index in [1.165, 1.54) is 47.4 Å². The highest BCUT2D eigenvalue weighted by Crippen LogP contribution is 2.40. The number of non-ortho nitro benzene ring substituents is 2. The molecule has 2 aromatic rings. The zero-order valence-corrected chi connectivity index (χ0v) is 16.6. The summed E-state index contributed by atoms with van der Waals surface area (Å²) in [5.74, 6) is -2.22. The molecule has 1 aliphatic rings. The van der Waals surface area contributed by atoms with E-state index in [2.05, 4.69) is 0 Å². The van der Waals surface area contributed by atoms with Gasteiger partial charge in [0.1, 0.15) is 5.76 Å². The fourth-order valence-electron chi connectivity index (χ4n) is 3.49. The van der Waals surface area contributed by atoms with Gasteiger partial charge in [-0.15, -0.1) is 0 Å². The fourth-order valence-corrected chi connectivity index (χ4v) is 3.49. The van der Waals surface area contributed by atoms with E-state index < -0.39 is 33.3 Å². The number of hydrogen-bond acceptors (Lipinski definition) is 7. The first-order valence-electron chi connectivity index (χ1n) is 9.53. The van der Waals surface area contributed by atoms with E-state index in [0.717, 1.165) is 6.42 Å². The first kappa shape index (κ1) is 21.6. The lowest BCUT2D eigenvalue weighted by atomic mass is 9.95. The van der Waals surface area contributed by atoms with Crippen molar-refractivity contribution < 1.29 is 24.5 Å². The number of rotatable bonds is 7. The number of nitrogens with zero attached hydrogens (tertiary/aromatic N) is 3. The lowest BCUT2D eigenvalue weighted by Gasteiger charge is -2.25. The lowest BCUT2D eigenvalue weighted by Crippen LogP contribution is -2.30. The quantitative estimate of drug-likeness (QED) is 0.234. The molecule has 0 saturated carbocycles. The molecule has 0 radical (unpaired) electrons. The number of Topliss-reactive ketones (excluding diaryl/α,β-unsaturated/α-hetero) is 1. The van der Waals surface area contributed by atoms with Gasteiger partial charge in [-0.25, -0.2) is 0 Å². The largest absolute Gasteiger partial charge is 0.507 e. The topological polar surface area (TPSA) is 144 Å². The number of aliphatic hydroxyl groups excluding tert-OH is 1. The average molecular weight is 425 g/mol. The highest BCUT2D eigenvalue weighted by atomic mass is 16.6. The summed E-state index contributed by atoms with van der Waals surface area (Å²) >= 11 is 0. The molecule has 1 saturated heterocycles. The van der Waals surface area contributed by atoms with E-state index in [1.54, 1.807) is 6.07 Å². The Hall–Kier alpha value is -4.08. The van der Waals surface area contributed by atoms with Crippen molar-refractivity contribution in [3.63, 3.8) is 0 Å². The predicted molar refractivity (Wildman–Crippen MR) is 110 cm³/mol. The standard InChI is InChI=1S/C21H19N3O7/c1-2-3-11-22-18(14-5-4-6-16(12-14)24(30)31)17(20(26)21(22)27)19(25)13-7-9-15(10-8-13)23(28)29/h4-10,12,18,25H,2-3,11H2,1H3/b19-17+/t18-/m1/s1. The molecule has 31 heavy (non-hydrogen) atoms. The van der Waals surface area contributed by atoms with E-state index >= 15 is 0 Å². The summed E-state index contributed by atoms with van der Waals surface area (Å²) in [6, 6.07) is 9.42. The lowest BCUT2D eigenvalue weighted by molar-refractivity contribution is -0.385. The van der Waals surface area contributed by atoms with Gasteiger partial charge in [0.15, 0.2) is 0 Å². The van der Waals surface area contributed by atoms with Gasteiger partial charge in [-0.1, -0.05) is 25.5 Å². The molecule has 0 unspecified atom stereocenters. The zero-order chi connectivity index (χ0) is 22.7. The molecule has 0 bridgehead atoms. The third-order valence-electron chi connectivity index (χ3n) is 5.04. The highest BCUT2D eigenvalue weighted by molar-refractivity contribution is 6.46. The van der Waals surface area contributed by atoms with Crippen molar-refractivity contribution in [2.24, 2.45) is 0 Å². The van der Waals surface area contributed by atoms with Crippen molar-refractivity contribution in [2.75, 3.05) is 6.54 Å². The molecule has 1 aliphatic heterocycles. The molecular weight excluding hydrogens is 406 g/mol. The minimum atomic E-state index is -1.01. The predicted octanol–water partition coefficient (Wildman–Crippen LogP) is 3.72. The Balaban J connectivity index is 2.17. The summed E-state index contributed by atoms with van der Waals surface area (Å²) in [6.07, 6.45) is 1.34. The molecular formula is C21H19N3O7. The number of hydrogen-bond donors (Lipinski definition) is 1. The minimum absolute atomic E-state index is 0.120. The number of aliphatic hydroxyl groups is 1. The Bertz CT molecular complexity index is 1090. The highest BCUT2D eigenvalue weighted by Gasteiger charge is 2.46.